The monoisotopic (exact) mass is 350 g/mol. The Morgan fingerprint density at radius 1 is 1.12 bits per heavy atom. The van der Waals surface area contributed by atoms with Crippen molar-refractivity contribution in [2.45, 2.75) is 58.1 Å². The van der Waals surface area contributed by atoms with Crippen LogP contribution in [-0.2, 0) is 0 Å². The second-order valence-corrected chi connectivity index (χ2v) is 7.27. The molecule has 1 aromatic carbocycles. The van der Waals surface area contributed by atoms with Crippen molar-refractivity contribution in [3.63, 3.8) is 0 Å². The zero-order valence-corrected chi connectivity index (χ0v) is 15.5. The van der Waals surface area contributed by atoms with Crippen molar-refractivity contribution in [2.24, 2.45) is 0 Å². The molecule has 0 aliphatic heterocycles. The second-order valence-electron chi connectivity index (χ2n) is 7.27. The Bertz CT molecular complexity index is 863. The summed E-state index contributed by atoms with van der Waals surface area (Å²) in [4.78, 5) is 9.21. The molecule has 0 bridgehead atoms. The van der Waals surface area contributed by atoms with Crippen molar-refractivity contribution >= 4 is 11.6 Å². The van der Waals surface area contributed by atoms with Gasteiger partial charge in [0.2, 0.25) is 5.78 Å². The summed E-state index contributed by atoms with van der Waals surface area (Å²) in [5.41, 5.74) is 2.02. The first kappa shape index (κ1) is 16.9. The molecule has 0 amide bonds. The summed E-state index contributed by atoms with van der Waals surface area (Å²) in [5, 5.41) is 3.75. The van der Waals surface area contributed by atoms with Gasteiger partial charge in [0, 0.05) is 24.0 Å². The Morgan fingerprint density at radius 3 is 2.62 bits per heavy atom. The molecular formula is C21H26N4O. The van der Waals surface area contributed by atoms with Gasteiger partial charge in [0.15, 0.2) is 0 Å². The number of anilines is 1. The molecule has 1 N–H and O–H groups in total. The number of hydrogen-bond acceptors (Lipinski definition) is 4. The molecule has 2 aromatic heterocycles. The maximum absolute atomic E-state index is 5.76. The largest absolute Gasteiger partial charge is 0.491 e. The Morgan fingerprint density at radius 2 is 1.88 bits per heavy atom. The summed E-state index contributed by atoms with van der Waals surface area (Å²) in [6, 6.07) is 10.6. The van der Waals surface area contributed by atoms with Gasteiger partial charge in [-0.15, -0.1) is 0 Å². The van der Waals surface area contributed by atoms with Crippen molar-refractivity contribution in [3.8, 4) is 17.0 Å². The van der Waals surface area contributed by atoms with Crippen LogP contribution in [0.25, 0.3) is 17.0 Å². The summed E-state index contributed by atoms with van der Waals surface area (Å²) >= 11 is 0. The van der Waals surface area contributed by atoms with E-state index in [-0.39, 0.29) is 6.10 Å². The van der Waals surface area contributed by atoms with Crippen LogP contribution in [0.2, 0.25) is 0 Å². The fourth-order valence-corrected chi connectivity index (χ4v) is 3.63. The van der Waals surface area contributed by atoms with Crippen molar-refractivity contribution in [1.29, 1.82) is 0 Å². The molecule has 4 rings (SSSR count). The van der Waals surface area contributed by atoms with Crippen LogP contribution in [0.3, 0.4) is 0 Å². The van der Waals surface area contributed by atoms with Gasteiger partial charge in [-0.05, 0) is 57.0 Å². The number of nitrogens with one attached hydrogen (secondary N) is 1. The van der Waals surface area contributed by atoms with Crippen LogP contribution >= 0.6 is 0 Å². The molecule has 3 aromatic rings. The lowest BCUT2D eigenvalue weighted by Gasteiger charge is -2.24. The number of aromatic nitrogens is 3. The van der Waals surface area contributed by atoms with Crippen LogP contribution in [0.4, 0.5) is 5.82 Å². The summed E-state index contributed by atoms with van der Waals surface area (Å²) in [7, 11) is 0. The molecular weight excluding hydrogens is 324 g/mol. The minimum absolute atomic E-state index is 0.170. The third-order valence-corrected chi connectivity index (χ3v) is 4.85. The van der Waals surface area contributed by atoms with Crippen LogP contribution < -0.4 is 10.1 Å². The molecule has 5 heteroatoms. The smallest absolute Gasteiger partial charge is 0.235 e. The van der Waals surface area contributed by atoms with E-state index in [9.17, 15) is 0 Å². The number of imidazole rings is 1. The van der Waals surface area contributed by atoms with E-state index >= 15 is 0 Å². The van der Waals surface area contributed by atoms with Gasteiger partial charge in [-0.2, -0.15) is 0 Å². The van der Waals surface area contributed by atoms with Gasteiger partial charge in [0.05, 0.1) is 6.10 Å². The normalized spacial score (nSPS) is 15.5. The minimum atomic E-state index is 0.170. The highest BCUT2D eigenvalue weighted by atomic mass is 16.5. The van der Waals surface area contributed by atoms with E-state index in [1.54, 1.807) is 6.20 Å². The fourth-order valence-electron chi connectivity index (χ4n) is 3.63. The highest BCUT2D eigenvalue weighted by Crippen LogP contribution is 2.32. The van der Waals surface area contributed by atoms with Crippen LogP contribution in [0.5, 0.6) is 5.75 Å². The van der Waals surface area contributed by atoms with Gasteiger partial charge in [-0.1, -0.05) is 19.3 Å². The second kappa shape index (κ2) is 7.36. The van der Waals surface area contributed by atoms with E-state index < -0.39 is 0 Å². The zero-order valence-electron chi connectivity index (χ0n) is 15.5. The summed E-state index contributed by atoms with van der Waals surface area (Å²) in [6.45, 7) is 4.07. The first-order valence-electron chi connectivity index (χ1n) is 9.57. The van der Waals surface area contributed by atoms with Crippen molar-refractivity contribution in [2.75, 3.05) is 5.32 Å². The van der Waals surface area contributed by atoms with Crippen LogP contribution in [0, 0.1) is 0 Å². The van der Waals surface area contributed by atoms with Gasteiger partial charge >= 0.3 is 0 Å². The van der Waals surface area contributed by atoms with Gasteiger partial charge in [0.1, 0.15) is 17.3 Å². The predicted octanol–water partition coefficient (Wildman–Crippen LogP) is 4.93. The number of benzene rings is 1. The van der Waals surface area contributed by atoms with E-state index in [2.05, 4.69) is 26.8 Å². The lowest BCUT2D eigenvalue weighted by Crippen LogP contribution is -2.23. The maximum Gasteiger partial charge on any atom is 0.235 e. The first-order chi connectivity index (χ1) is 12.7. The number of rotatable bonds is 5. The molecule has 0 atom stereocenters. The fraction of sp³-hybridized carbons (Fsp3) is 0.429. The molecule has 1 saturated carbocycles. The SMILES string of the molecule is CC(C)Oc1ccc(-c2nc3ncccn3c2NC2CCCCC2)cc1. The number of nitrogens with zero attached hydrogens (tertiary/aromatic N) is 3. The Labute approximate surface area is 154 Å². The van der Waals surface area contributed by atoms with Gasteiger partial charge in [-0.25, -0.2) is 9.97 Å². The Balaban J connectivity index is 1.70. The lowest BCUT2D eigenvalue weighted by atomic mass is 9.95. The summed E-state index contributed by atoms with van der Waals surface area (Å²) in [6.07, 6.45) is 10.4. The first-order valence-corrected chi connectivity index (χ1v) is 9.57. The molecule has 1 aliphatic rings. The molecule has 5 nitrogen and oxygen atoms in total. The topological polar surface area (TPSA) is 51.5 Å². The number of fused-ring (bicyclic) bond motifs is 1. The third kappa shape index (κ3) is 3.52. The van der Waals surface area contributed by atoms with Crippen LogP contribution in [-0.4, -0.2) is 26.5 Å². The molecule has 2 heterocycles. The van der Waals surface area contributed by atoms with E-state index in [0.717, 1.165) is 28.6 Å². The van der Waals surface area contributed by atoms with E-state index in [0.29, 0.717) is 6.04 Å². The van der Waals surface area contributed by atoms with E-state index in [1.807, 2.05) is 38.2 Å². The molecule has 0 spiro atoms. The van der Waals surface area contributed by atoms with Gasteiger partial charge in [-0.3, -0.25) is 4.40 Å². The third-order valence-electron chi connectivity index (χ3n) is 4.85. The van der Waals surface area contributed by atoms with Crippen LogP contribution in [0.15, 0.2) is 42.7 Å². The quantitative estimate of drug-likeness (QED) is 0.709. The predicted molar refractivity (Wildman–Crippen MR) is 105 cm³/mol. The van der Waals surface area contributed by atoms with Crippen LogP contribution in [0.1, 0.15) is 46.0 Å². The Kier molecular flexibility index (Phi) is 4.78. The summed E-state index contributed by atoms with van der Waals surface area (Å²) < 4.78 is 7.82. The molecule has 0 radical (unpaired) electrons. The van der Waals surface area contributed by atoms with E-state index in [1.165, 1.54) is 32.1 Å². The number of ether oxygens (including phenoxy) is 1. The van der Waals surface area contributed by atoms with Gasteiger partial charge in [0.25, 0.3) is 0 Å². The highest BCUT2D eigenvalue weighted by molar-refractivity contribution is 5.76. The molecule has 136 valence electrons. The van der Waals surface area contributed by atoms with Crippen molar-refractivity contribution < 1.29 is 4.74 Å². The zero-order chi connectivity index (χ0) is 17.9. The molecule has 1 aliphatic carbocycles. The highest BCUT2D eigenvalue weighted by Gasteiger charge is 2.20. The van der Waals surface area contributed by atoms with E-state index in [4.69, 9.17) is 9.72 Å². The number of hydrogen-bond donors (Lipinski definition) is 1. The minimum Gasteiger partial charge on any atom is -0.491 e. The summed E-state index contributed by atoms with van der Waals surface area (Å²) in [5.74, 6) is 2.65. The molecule has 1 fully saturated rings. The maximum atomic E-state index is 5.76. The molecule has 0 unspecified atom stereocenters. The molecule has 0 saturated heterocycles. The average Bonchev–Trinajstić information content (AvgIpc) is 3.01. The van der Waals surface area contributed by atoms with Gasteiger partial charge < -0.3 is 10.1 Å². The average molecular weight is 350 g/mol. The standard InChI is InChI=1S/C21H26N4O/c1-15(2)26-18-11-9-16(10-12-18)19-20(23-17-7-4-3-5-8-17)25-14-6-13-22-21(25)24-19/h6,9-15,17,23H,3-5,7-8H2,1-2H3. The molecule has 26 heavy (non-hydrogen) atoms. The van der Waals surface area contributed by atoms with Crippen molar-refractivity contribution in [1.82, 2.24) is 14.4 Å². The lowest BCUT2D eigenvalue weighted by molar-refractivity contribution is 0.242. The Hall–Kier alpha value is -2.56. The van der Waals surface area contributed by atoms with Crippen molar-refractivity contribution in [3.05, 3.63) is 42.7 Å².